The van der Waals surface area contributed by atoms with E-state index in [0.29, 0.717) is 10.8 Å². The van der Waals surface area contributed by atoms with Crippen LogP contribution in [0.3, 0.4) is 0 Å². The zero-order chi connectivity index (χ0) is 17.4. The van der Waals surface area contributed by atoms with Gasteiger partial charge in [-0.15, -0.1) is 0 Å². The highest BCUT2D eigenvalue weighted by atomic mass is 35.5. The van der Waals surface area contributed by atoms with Crippen LogP contribution in [0, 0.1) is 11.3 Å². The van der Waals surface area contributed by atoms with Crippen LogP contribution in [0.25, 0.3) is 6.08 Å². The number of hydrogen-bond acceptors (Lipinski definition) is 3. The summed E-state index contributed by atoms with van der Waals surface area (Å²) in [6.45, 7) is 2.05. The number of halogens is 1. The first-order valence-electron chi connectivity index (χ1n) is 7.74. The van der Waals surface area contributed by atoms with Gasteiger partial charge in [-0.2, -0.15) is 5.26 Å². The summed E-state index contributed by atoms with van der Waals surface area (Å²) in [6.07, 6.45) is 3.15. The number of benzene rings is 1. The number of nitriles is 1. The molecule has 122 valence electrons. The smallest absolute Gasteiger partial charge is 0.262 e. The molecule has 0 aliphatic rings. The molecule has 5 heteroatoms. The van der Waals surface area contributed by atoms with E-state index in [2.05, 4.69) is 17.2 Å². The third kappa shape index (κ3) is 4.94. The highest BCUT2D eigenvalue weighted by molar-refractivity contribution is 6.29. The van der Waals surface area contributed by atoms with Gasteiger partial charge in [0.1, 0.15) is 16.8 Å². The monoisotopic (exact) mass is 339 g/mol. The first kappa shape index (κ1) is 17.7. The van der Waals surface area contributed by atoms with E-state index in [4.69, 9.17) is 11.6 Å². The van der Waals surface area contributed by atoms with E-state index in [1.807, 2.05) is 36.4 Å². The second-order valence-corrected chi connectivity index (χ2v) is 5.67. The van der Waals surface area contributed by atoms with E-state index in [0.717, 1.165) is 18.4 Å². The lowest BCUT2D eigenvalue weighted by Crippen LogP contribution is -2.29. The predicted molar refractivity (Wildman–Crippen MR) is 95.1 cm³/mol. The van der Waals surface area contributed by atoms with Gasteiger partial charge in [0.15, 0.2) is 0 Å². The lowest BCUT2D eigenvalue weighted by atomic mass is 10.0. The normalized spacial score (nSPS) is 12.3. The third-order valence-electron chi connectivity index (χ3n) is 3.48. The highest BCUT2D eigenvalue weighted by Gasteiger charge is 2.16. The Bertz CT molecular complexity index is 766. The molecule has 4 nitrogen and oxygen atoms in total. The van der Waals surface area contributed by atoms with Gasteiger partial charge < -0.3 is 5.32 Å². The molecule has 0 unspecified atom stereocenters. The number of rotatable bonds is 6. The van der Waals surface area contributed by atoms with Crippen LogP contribution < -0.4 is 5.32 Å². The summed E-state index contributed by atoms with van der Waals surface area (Å²) >= 11 is 5.83. The standard InChI is InChI=1S/C19H18ClN3O/c1-2-7-17(14-8-4-3-5-9-14)23-19(24)15(13-21)12-16-10-6-11-18(20)22-16/h3-6,8-12,17H,2,7H2,1H3,(H,23,24)/b15-12+/t17-/m0/s1. The Hall–Kier alpha value is -2.64. The lowest BCUT2D eigenvalue weighted by molar-refractivity contribution is -0.117. The van der Waals surface area contributed by atoms with Gasteiger partial charge in [-0.05, 0) is 30.2 Å². The molecule has 0 aliphatic heterocycles. The molecule has 0 saturated heterocycles. The molecule has 1 heterocycles. The topological polar surface area (TPSA) is 65.8 Å². The van der Waals surface area contributed by atoms with Crippen molar-refractivity contribution in [3.8, 4) is 6.07 Å². The molecule has 1 amide bonds. The van der Waals surface area contributed by atoms with Crippen LogP contribution in [-0.2, 0) is 4.79 Å². The minimum absolute atomic E-state index is 0.00167. The summed E-state index contributed by atoms with van der Waals surface area (Å²) in [4.78, 5) is 16.5. The summed E-state index contributed by atoms with van der Waals surface area (Å²) in [5, 5.41) is 12.5. The molecule has 2 aromatic rings. The molecule has 0 aliphatic carbocycles. The quantitative estimate of drug-likeness (QED) is 0.484. The summed E-state index contributed by atoms with van der Waals surface area (Å²) in [6, 6.07) is 16.6. The number of nitrogens with one attached hydrogen (secondary N) is 1. The van der Waals surface area contributed by atoms with Gasteiger partial charge >= 0.3 is 0 Å². The van der Waals surface area contributed by atoms with Crippen molar-refractivity contribution in [2.24, 2.45) is 0 Å². The molecule has 1 aromatic heterocycles. The lowest BCUT2D eigenvalue weighted by Gasteiger charge is -2.18. The molecular formula is C19H18ClN3O. The van der Waals surface area contributed by atoms with E-state index in [1.165, 1.54) is 6.08 Å². The predicted octanol–water partition coefficient (Wildman–Crippen LogP) is 4.30. The van der Waals surface area contributed by atoms with Gasteiger partial charge in [-0.25, -0.2) is 4.98 Å². The maximum absolute atomic E-state index is 12.5. The fraction of sp³-hybridized carbons (Fsp3) is 0.211. The van der Waals surface area contributed by atoms with Crippen LogP contribution in [0.15, 0.2) is 54.1 Å². The number of aromatic nitrogens is 1. The molecule has 24 heavy (non-hydrogen) atoms. The van der Waals surface area contributed by atoms with Crippen LogP contribution >= 0.6 is 11.6 Å². The molecule has 2 rings (SSSR count). The van der Waals surface area contributed by atoms with Crippen molar-refractivity contribution in [2.75, 3.05) is 0 Å². The number of carbonyl (C=O) groups is 1. The first-order valence-corrected chi connectivity index (χ1v) is 8.12. The maximum Gasteiger partial charge on any atom is 0.262 e. The van der Waals surface area contributed by atoms with Crippen molar-refractivity contribution in [3.05, 3.63) is 70.5 Å². The summed E-state index contributed by atoms with van der Waals surface area (Å²) in [5.74, 6) is -0.415. The summed E-state index contributed by atoms with van der Waals surface area (Å²) in [5.41, 5.74) is 1.49. The molecule has 1 aromatic carbocycles. The Morgan fingerprint density at radius 3 is 2.67 bits per heavy atom. The van der Waals surface area contributed by atoms with Gasteiger partial charge in [0.25, 0.3) is 5.91 Å². The van der Waals surface area contributed by atoms with Crippen molar-refractivity contribution in [2.45, 2.75) is 25.8 Å². The van der Waals surface area contributed by atoms with E-state index >= 15 is 0 Å². The molecule has 0 saturated carbocycles. The largest absolute Gasteiger partial charge is 0.345 e. The number of carbonyl (C=O) groups excluding carboxylic acids is 1. The Labute approximate surface area is 146 Å². The minimum Gasteiger partial charge on any atom is -0.345 e. The van der Waals surface area contributed by atoms with E-state index < -0.39 is 5.91 Å². The Morgan fingerprint density at radius 1 is 1.29 bits per heavy atom. The van der Waals surface area contributed by atoms with E-state index in [9.17, 15) is 10.1 Å². The van der Waals surface area contributed by atoms with E-state index in [1.54, 1.807) is 18.2 Å². The SMILES string of the molecule is CCC[C@H](NC(=O)/C(C#N)=C/c1cccc(Cl)n1)c1ccccc1. The van der Waals surface area contributed by atoms with Gasteiger partial charge in [0.05, 0.1) is 11.7 Å². The Morgan fingerprint density at radius 2 is 2.04 bits per heavy atom. The fourth-order valence-electron chi connectivity index (χ4n) is 2.33. The maximum atomic E-state index is 12.5. The van der Waals surface area contributed by atoms with Crippen LogP contribution in [0.4, 0.5) is 0 Å². The number of hydrogen-bond donors (Lipinski definition) is 1. The molecular weight excluding hydrogens is 322 g/mol. The Kier molecular flexibility index (Phi) is 6.53. The van der Waals surface area contributed by atoms with Gasteiger partial charge in [0.2, 0.25) is 0 Å². The number of nitrogens with zero attached hydrogens (tertiary/aromatic N) is 2. The number of pyridine rings is 1. The second-order valence-electron chi connectivity index (χ2n) is 5.28. The average molecular weight is 340 g/mol. The highest BCUT2D eigenvalue weighted by Crippen LogP contribution is 2.19. The third-order valence-corrected chi connectivity index (χ3v) is 3.69. The molecule has 0 spiro atoms. The Balaban J connectivity index is 2.20. The van der Waals surface area contributed by atoms with Crippen LogP contribution in [-0.4, -0.2) is 10.9 Å². The van der Waals surface area contributed by atoms with Crippen molar-refractivity contribution < 1.29 is 4.79 Å². The van der Waals surface area contributed by atoms with Crippen molar-refractivity contribution in [1.29, 1.82) is 5.26 Å². The molecule has 0 bridgehead atoms. The fourth-order valence-corrected chi connectivity index (χ4v) is 2.50. The first-order chi connectivity index (χ1) is 11.6. The van der Waals surface area contributed by atoms with Crippen LogP contribution in [0.1, 0.15) is 37.1 Å². The van der Waals surface area contributed by atoms with Gasteiger partial charge in [0, 0.05) is 0 Å². The van der Waals surface area contributed by atoms with Crippen molar-refractivity contribution >= 4 is 23.6 Å². The molecule has 0 radical (unpaired) electrons. The average Bonchev–Trinajstić information content (AvgIpc) is 2.60. The van der Waals surface area contributed by atoms with Gasteiger partial charge in [-0.1, -0.05) is 61.3 Å². The summed E-state index contributed by atoms with van der Waals surface area (Å²) in [7, 11) is 0. The van der Waals surface area contributed by atoms with Crippen molar-refractivity contribution in [1.82, 2.24) is 10.3 Å². The van der Waals surface area contributed by atoms with Gasteiger partial charge in [-0.3, -0.25) is 4.79 Å². The van der Waals surface area contributed by atoms with Crippen LogP contribution in [0.5, 0.6) is 0 Å². The minimum atomic E-state index is -0.415. The van der Waals surface area contributed by atoms with Crippen molar-refractivity contribution in [3.63, 3.8) is 0 Å². The molecule has 1 N–H and O–H groups in total. The van der Waals surface area contributed by atoms with Crippen LogP contribution in [0.2, 0.25) is 5.15 Å². The molecule has 0 fully saturated rings. The van der Waals surface area contributed by atoms with E-state index in [-0.39, 0.29) is 11.6 Å². The zero-order valence-electron chi connectivity index (χ0n) is 13.4. The summed E-state index contributed by atoms with van der Waals surface area (Å²) < 4.78 is 0. The number of amides is 1. The second kappa shape index (κ2) is 8.85. The molecule has 1 atom stereocenters. The zero-order valence-corrected chi connectivity index (χ0v) is 14.1.